The second-order valence-electron chi connectivity index (χ2n) is 6.84. The van der Waals surface area contributed by atoms with Crippen molar-refractivity contribution >= 4 is 26.0 Å². The Morgan fingerprint density at radius 1 is 0.909 bits per heavy atom. The molecule has 0 spiro atoms. The molecule has 2 aromatic carbocycles. The highest BCUT2D eigenvalue weighted by molar-refractivity contribution is 8.56. The zero-order chi connectivity index (χ0) is 23.6. The van der Waals surface area contributed by atoms with Crippen LogP contribution in [0.25, 0.3) is 0 Å². The summed E-state index contributed by atoms with van der Waals surface area (Å²) in [7, 11) is -3.84. The van der Waals surface area contributed by atoms with Crippen molar-refractivity contribution in [2.75, 3.05) is 13.2 Å². The molecule has 0 atom stereocenters. The van der Waals surface area contributed by atoms with Crippen LogP contribution in [0.3, 0.4) is 0 Å². The molecule has 3 rings (SSSR count). The van der Waals surface area contributed by atoms with Crippen molar-refractivity contribution in [3.8, 4) is 11.5 Å². The first kappa shape index (κ1) is 25.7. The van der Waals surface area contributed by atoms with Gasteiger partial charge in [-0.1, -0.05) is 42.5 Å². The quantitative estimate of drug-likeness (QED) is 0.197. The Labute approximate surface area is 199 Å². The summed E-state index contributed by atoms with van der Waals surface area (Å²) >= 11 is 0.836. The van der Waals surface area contributed by atoms with Crippen LogP contribution in [0.4, 0.5) is 0 Å². The molecule has 0 aromatic heterocycles. The van der Waals surface area contributed by atoms with Gasteiger partial charge in [-0.2, -0.15) is 0 Å². The average molecular weight is 510 g/mol. The minimum Gasteiger partial charge on any atom is -0.408 e. The zero-order valence-corrected chi connectivity index (χ0v) is 21.2. The SMILES string of the molecule is CCOP(=O)(OCC)O/C(=C\SP(=O)(Oc1ccccc1)Oc1ccccc1)C1=CCCC1. The van der Waals surface area contributed by atoms with Crippen molar-refractivity contribution < 1.29 is 31.7 Å². The summed E-state index contributed by atoms with van der Waals surface area (Å²) in [5.41, 5.74) is 0.841. The number of allylic oxidation sites excluding steroid dienone is 2. The maximum Gasteiger partial charge on any atom is 0.530 e. The molecular formula is C23H28O7P2S. The Hall–Kier alpha value is -1.95. The molecule has 178 valence electrons. The van der Waals surface area contributed by atoms with Gasteiger partial charge in [-0.05, 0) is 62.9 Å². The van der Waals surface area contributed by atoms with Crippen LogP contribution in [0.1, 0.15) is 33.1 Å². The summed E-state index contributed by atoms with van der Waals surface area (Å²) < 4.78 is 54.7. The minimum atomic E-state index is -3.84. The second-order valence-corrected chi connectivity index (χ2v) is 12.1. The van der Waals surface area contributed by atoms with Crippen molar-refractivity contribution in [1.29, 1.82) is 0 Å². The van der Waals surface area contributed by atoms with E-state index in [0.717, 1.165) is 36.2 Å². The molecule has 0 unspecified atom stereocenters. The fourth-order valence-corrected chi connectivity index (χ4v) is 7.02. The largest absolute Gasteiger partial charge is 0.530 e. The molecule has 10 heteroatoms. The van der Waals surface area contributed by atoms with Gasteiger partial charge in [0.05, 0.1) is 13.2 Å². The van der Waals surface area contributed by atoms with Crippen LogP contribution in [-0.4, -0.2) is 13.2 Å². The molecule has 0 amide bonds. The lowest BCUT2D eigenvalue weighted by atomic mass is 10.2. The molecule has 1 aliphatic rings. The number of hydrogen-bond donors (Lipinski definition) is 0. The first-order valence-corrected chi connectivity index (χ1v) is 15.2. The fraction of sp³-hybridized carbons (Fsp3) is 0.304. The monoisotopic (exact) mass is 510 g/mol. The number of para-hydroxylation sites is 2. The van der Waals surface area contributed by atoms with Crippen molar-refractivity contribution in [3.63, 3.8) is 0 Å². The van der Waals surface area contributed by atoms with E-state index in [-0.39, 0.29) is 19.0 Å². The van der Waals surface area contributed by atoms with Gasteiger partial charge in [-0.15, -0.1) is 0 Å². The van der Waals surface area contributed by atoms with Gasteiger partial charge in [0.25, 0.3) is 0 Å². The van der Waals surface area contributed by atoms with Crippen LogP contribution in [0, 0.1) is 0 Å². The third-order valence-electron chi connectivity index (χ3n) is 4.35. The van der Waals surface area contributed by atoms with Gasteiger partial charge in [0, 0.05) is 16.8 Å². The van der Waals surface area contributed by atoms with Crippen molar-refractivity contribution in [2.24, 2.45) is 0 Å². The van der Waals surface area contributed by atoms with Crippen LogP contribution in [0.15, 0.2) is 83.5 Å². The highest BCUT2D eigenvalue weighted by Gasteiger charge is 2.33. The highest BCUT2D eigenvalue weighted by atomic mass is 32.7. The molecule has 0 bridgehead atoms. The predicted octanol–water partition coefficient (Wildman–Crippen LogP) is 8.14. The van der Waals surface area contributed by atoms with E-state index in [1.165, 1.54) is 5.41 Å². The van der Waals surface area contributed by atoms with Gasteiger partial charge >= 0.3 is 14.6 Å². The van der Waals surface area contributed by atoms with E-state index in [0.29, 0.717) is 11.5 Å². The van der Waals surface area contributed by atoms with Crippen molar-refractivity contribution in [3.05, 3.63) is 83.5 Å². The Morgan fingerprint density at radius 2 is 1.45 bits per heavy atom. The van der Waals surface area contributed by atoms with E-state index in [9.17, 15) is 9.13 Å². The van der Waals surface area contributed by atoms with E-state index in [2.05, 4.69) is 0 Å². The van der Waals surface area contributed by atoms with E-state index in [1.807, 2.05) is 18.2 Å². The maximum absolute atomic E-state index is 13.8. The summed E-state index contributed by atoms with van der Waals surface area (Å²) in [5.74, 6) is 1.07. The molecule has 0 radical (unpaired) electrons. The van der Waals surface area contributed by atoms with Gasteiger partial charge in [0.1, 0.15) is 17.3 Å². The predicted molar refractivity (Wildman–Crippen MR) is 131 cm³/mol. The number of hydrogen-bond acceptors (Lipinski definition) is 8. The van der Waals surface area contributed by atoms with Crippen LogP contribution in [0.5, 0.6) is 11.5 Å². The lowest BCUT2D eigenvalue weighted by Crippen LogP contribution is -2.02. The molecule has 0 saturated heterocycles. The molecule has 2 aromatic rings. The molecule has 0 N–H and O–H groups in total. The van der Waals surface area contributed by atoms with Crippen LogP contribution >= 0.6 is 26.0 Å². The first-order chi connectivity index (χ1) is 16.0. The third kappa shape index (κ3) is 8.09. The normalized spacial score (nSPS) is 14.6. The van der Waals surface area contributed by atoms with E-state index >= 15 is 0 Å². The Balaban J connectivity index is 1.90. The van der Waals surface area contributed by atoms with Crippen molar-refractivity contribution in [2.45, 2.75) is 33.1 Å². The molecule has 0 heterocycles. The Kier molecular flexibility index (Phi) is 9.72. The molecule has 33 heavy (non-hydrogen) atoms. The zero-order valence-electron chi connectivity index (χ0n) is 18.6. The number of phosphoric acid groups is 1. The smallest absolute Gasteiger partial charge is 0.408 e. The first-order valence-electron chi connectivity index (χ1n) is 10.7. The summed E-state index contributed by atoms with van der Waals surface area (Å²) in [4.78, 5) is 0. The molecule has 0 aliphatic heterocycles. The maximum atomic E-state index is 13.8. The van der Waals surface area contributed by atoms with Crippen LogP contribution in [0.2, 0.25) is 0 Å². The summed E-state index contributed by atoms with van der Waals surface area (Å²) in [6.07, 6.45) is 4.53. The van der Waals surface area contributed by atoms with E-state index in [1.54, 1.807) is 62.4 Å². The third-order valence-corrected chi connectivity index (χ3v) is 8.91. The lowest BCUT2D eigenvalue weighted by Gasteiger charge is -2.21. The Bertz CT molecular complexity index is 986. The molecular weight excluding hydrogens is 482 g/mol. The van der Waals surface area contributed by atoms with Crippen LogP contribution in [-0.2, 0) is 22.7 Å². The average Bonchev–Trinajstić information content (AvgIpc) is 3.33. The number of benzene rings is 2. The van der Waals surface area contributed by atoms with Gasteiger partial charge in [-0.25, -0.2) is 9.13 Å². The van der Waals surface area contributed by atoms with E-state index < -0.39 is 14.6 Å². The highest BCUT2D eigenvalue weighted by Crippen LogP contribution is 2.62. The van der Waals surface area contributed by atoms with Crippen molar-refractivity contribution in [1.82, 2.24) is 0 Å². The van der Waals surface area contributed by atoms with Gasteiger partial charge in [0.2, 0.25) is 0 Å². The minimum absolute atomic E-state index is 0.156. The molecule has 7 nitrogen and oxygen atoms in total. The molecule has 1 aliphatic carbocycles. The topological polar surface area (TPSA) is 80.3 Å². The van der Waals surface area contributed by atoms with Crippen LogP contribution < -0.4 is 9.05 Å². The Morgan fingerprint density at radius 3 is 1.91 bits per heavy atom. The summed E-state index contributed by atoms with van der Waals surface area (Å²) in [6, 6.07) is 17.6. The second kappa shape index (κ2) is 12.5. The fourth-order valence-electron chi connectivity index (χ4n) is 2.97. The number of rotatable bonds is 13. The van der Waals surface area contributed by atoms with Gasteiger partial charge in [-0.3, -0.25) is 9.05 Å². The summed E-state index contributed by atoms with van der Waals surface area (Å²) in [6.45, 7) is -0.0675. The van der Waals surface area contributed by atoms with Gasteiger partial charge < -0.3 is 13.6 Å². The standard InChI is InChI=1S/C23H28O7P2S/c1-3-26-31(24,27-4-2)30-23(20-13-11-12-14-20)19-33-32(25,28-21-15-7-5-8-16-21)29-22-17-9-6-10-18-22/h5-10,13,15-19H,3-4,11-12,14H2,1-2H3/b23-19-. The lowest BCUT2D eigenvalue weighted by molar-refractivity contribution is 0.147. The summed E-state index contributed by atoms with van der Waals surface area (Å²) in [5, 5.41) is 1.51. The van der Waals surface area contributed by atoms with Gasteiger partial charge in [0.15, 0.2) is 0 Å². The molecule has 0 saturated carbocycles. The van der Waals surface area contributed by atoms with E-state index in [4.69, 9.17) is 22.6 Å². The molecule has 0 fully saturated rings. The number of phosphoric ester groups is 1.